The number of anilines is 1. The first-order valence-electron chi connectivity index (χ1n) is 8.59. The maximum absolute atomic E-state index is 12.5. The zero-order chi connectivity index (χ0) is 19.0. The van der Waals surface area contributed by atoms with Crippen LogP contribution in [0.25, 0.3) is 11.5 Å². The Bertz CT molecular complexity index is 984. The summed E-state index contributed by atoms with van der Waals surface area (Å²) in [6.45, 7) is 2.43. The summed E-state index contributed by atoms with van der Waals surface area (Å²) in [6, 6.07) is 13.0. The van der Waals surface area contributed by atoms with E-state index in [9.17, 15) is 4.79 Å². The summed E-state index contributed by atoms with van der Waals surface area (Å²) >= 11 is 6.20. The molecular weight excluding hydrogens is 366 g/mol. The number of carbonyl (C=O) groups excluding carboxylic acids is 1. The number of aryl methyl sites for hydroxylation is 1. The number of hydrogen-bond acceptors (Lipinski definition) is 5. The van der Waals surface area contributed by atoms with Gasteiger partial charge in [-0.2, -0.15) is 4.98 Å². The van der Waals surface area contributed by atoms with Gasteiger partial charge in [-0.05, 0) is 48.9 Å². The fourth-order valence-corrected chi connectivity index (χ4v) is 3.31. The van der Waals surface area contributed by atoms with Crippen LogP contribution in [0.2, 0.25) is 5.02 Å². The van der Waals surface area contributed by atoms with Crippen molar-refractivity contribution in [1.82, 2.24) is 10.1 Å². The first-order valence-corrected chi connectivity index (χ1v) is 8.97. The van der Waals surface area contributed by atoms with Gasteiger partial charge in [-0.25, -0.2) is 0 Å². The van der Waals surface area contributed by atoms with Crippen molar-refractivity contribution in [2.45, 2.75) is 19.3 Å². The van der Waals surface area contributed by atoms with Gasteiger partial charge in [0.05, 0.1) is 7.11 Å². The Balaban J connectivity index is 1.53. The summed E-state index contributed by atoms with van der Waals surface area (Å²) in [5.74, 6) is 1.63. The number of benzene rings is 2. The van der Waals surface area contributed by atoms with Crippen LogP contribution in [-0.4, -0.2) is 29.7 Å². The van der Waals surface area contributed by atoms with Gasteiger partial charge in [-0.15, -0.1) is 0 Å². The number of hydrogen-bond donors (Lipinski definition) is 0. The van der Waals surface area contributed by atoms with Crippen LogP contribution in [0.5, 0.6) is 5.75 Å². The molecule has 6 nitrogen and oxygen atoms in total. The van der Waals surface area contributed by atoms with E-state index in [1.807, 2.05) is 49.4 Å². The molecule has 1 saturated heterocycles. The monoisotopic (exact) mass is 383 g/mol. The third kappa shape index (κ3) is 3.40. The maximum atomic E-state index is 12.5. The number of methoxy groups -OCH3 is 1. The van der Waals surface area contributed by atoms with Crippen LogP contribution in [0.15, 0.2) is 47.0 Å². The van der Waals surface area contributed by atoms with E-state index in [0.717, 1.165) is 22.6 Å². The smallest absolute Gasteiger partial charge is 0.257 e. The molecule has 1 fully saturated rings. The highest BCUT2D eigenvalue weighted by Crippen LogP contribution is 2.33. The van der Waals surface area contributed by atoms with Crippen molar-refractivity contribution >= 4 is 23.2 Å². The Morgan fingerprint density at radius 2 is 2.00 bits per heavy atom. The number of aromatic nitrogens is 2. The van der Waals surface area contributed by atoms with Gasteiger partial charge in [0.1, 0.15) is 5.75 Å². The van der Waals surface area contributed by atoms with Gasteiger partial charge >= 0.3 is 0 Å². The van der Waals surface area contributed by atoms with Gasteiger partial charge in [0.15, 0.2) is 5.82 Å². The number of ether oxygens (including phenoxy) is 1. The second kappa shape index (κ2) is 7.04. The van der Waals surface area contributed by atoms with Crippen molar-refractivity contribution < 1.29 is 14.1 Å². The predicted molar refractivity (Wildman–Crippen MR) is 102 cm³/mol. The van der Waals surface area contributed by atoms with E-state index < -0.39 is 0 Å². The highest BCUT2D eigenvalue weighted by atomic mass is 35.5. The zero-order valence-corrected chi connectivity index (χ0v) is 15.7. The van der Waals surface area contributed by atoms with Gasteiger partial charge in [-0.1, -0.05) is 22.8 Å². The first kappa shape index (κ1) is 17.5. The Hall–Kier alpha value is -2.86. The van der Waals surface area contributed by atoms with Crippen LogP contribution in [0.1, 0.15) is 23.7 Å². The third-order valence-electron chi connectivity index (χ3n) is 4.74. The quantitative estimate of drug-likeness (QED) is 0.674. The summed E-state index contributed by atoms with van der Waals surface area (Å²) < 4.78 is 10.5. The second-order valence-corrected chi connectivity index (χ2v) is 6.93. The molecule has 2 heterocycles. The standard InChI is InChI=1S/C20H18ClN3O3/c1-12-3-6-15(10-17(12)21)24-11-14(9-18(24)25)19-22-20(27-23-19)13-4-7-16(26-2)8-5-13/h3-8,10,14H,9,11H2,1-2H3. The number of amides is 1. The highest BCUT2D eigenvalue weighted by molar-refractivity contribution is 6.31. The maximum Gasteiger partial charge on any atom is 0.257 e. The van der Waals surface area contributed by atoms with Crippen molar-refractivity contribution in [1.29, 1.82) is 0 Å². The molecule has 0 saturated carbocycles. The second-order valence-electron chi connectivity index (χ2n) is 6.53. The molecule has 1 aromatic heterocycles. The van der Waals surface area contributed by atoms with Gasteiger partial charge in [0.25, 0.3) is 5.89 Å². The van der Waals surface area contributed by atoms with E-state index in [2.05, 4.69) is 10.1 Å². The summed E-state index contributed by atoms with van der Waals surface area (Å²) in [5, 5.41) is 4.73. The molecule has 7 heteroatoms. The molecule has 0 spiro atoms. The molecule has 2 aromatic carbocycles. The fourth-order valence-electron chi connectivity index (χ4n) is 3.13. The van der Waals surface area contributed by atoms with Crippen LogP contribution in [0.4, 0.5) is 5.69 Å². The Morgan fingerprint density at radius 3 is 2.70 bits per heavy atom. The summed E-state index contributed by atoms with van der Waals surface area (Å²) in [5.41, 5.74) is 2.57. The summed E-state index contributed by atoms with van der Waals surface area (Å²) in [7, 11) is 1.61. The van der Waals surface area contributed by atoms with E-state index in [4.69, 9.17) is 20.9 Å². The molecule has 1 aliphatic heterocycles. The first-order chi connectivity index (χ1) is 13.0. The van der Waals surface area contributed by atoms with Gasteiger partial charge in [0.2, 0.25) is 5.91 Å². The lowest BCUT2D eigenvalue weighted by Crippen LogP contribution is -2.24. The minimum absolute atomic E-state index is 0.0238. The van der Waals surface area contributed by atoms with Gasteiger partial charge in [-0.3, -0.25) is 4.79 Å². The number of nitrogens with zero attached hydrogens (tertiary/aromatic N) is 3. The number of carbonyl (C=O) groups is 1. The summed E-state index contributed by atoms with van der Waals surface area (Å²) in [4.78, 5) is 18.7. The molecular formula is C20H18ClN3O3. The summed E-state index contributed by atoms with van der Waals surface area (Å²) in [6.07, 6.45) is 0.340. The van der Waals surface area contributed by atoms with E-state index in [0.29, 0.717) is 29.7 Å². The molecule has 1 aliphatic rings. The topological polar surface area (TPSA) is 68.5 Å². The lowest BCUT2D eigenvalue weighted by atomic mass is 10.1. The molecule has 138 valence electrons. The van der Waals surface area contributed by atoms with Crippen molar-refractivity contribution in [3.63, 3.8) is 0 Å². The van der Waals surface area contributed by atoms with Crippen molar-refractivity contribution in [3.05, 3.63) is 58.9 Å². The van der Waals surface area contributed by atoms with E-state index in [1.165, 1.54) is 0 Å². The van der Waals surface area contributed by atoms with Crippen LogP contribution >= 0.6 is 11.6 Å². The predicted octanol–water partition coefficient (Wildman–Crippen LogP) is 4.23. The Morgan fingerprint density at radius 1 is 1.22 bits per heavy atom. The molecule has 27 heavy (non-hydrogen) atoms. The van der Waals surface area contributed by atoms with E-state index in [-0.39, 0.29) is 11.8 Å². The lowest BCUT2D eigenvalue weighted by Gasteiger charge is -2.17. The molecule has 1 atom stereocenters. The van der Waals surface area contributed by atoms with Crippen molar-refractivity contribution in [2.75, 3.05) is 18.6 Å². The van der Waals surface area contributed by atoms with Gasteiger partial charge in [0, 0.05) is 35.2 Å². The molecule has 0 aliphatic carbocycles. The minimum atomic E-state index is -0.117. The largest absolute Gasteiger partial charge is 0.497 e. The van der Waals surface area contributed by atoms with Crippen LogP contribution in [-0.2, 0) is 4.79 Å². The SMILES string of the molecule is COc1ccc(-c2nc(C3CC(=O)N(c4ccc(C)c(Cl)c4)C3)no2)cc1. The molecule has 0 N–H and O–H groups in total. The van der Waals surface area contributed by atoms with Crippen molar-refractivity contribution in [3.8, 4) is 17.2 Å². The average molecular weight is 384 g/mol. The molecule has 0 bridgehead atoms. The van der Waals surface area contributed by atoms with Crippen LogP contribution < -0.4 is 9.64 Å². The number of halogens is 1. The molecule has 0 radical (unpaired) electrons. The van der Waals surface area contributed by atoms with Gasteiger partial charge < -0.3 is 14.2 Å². The van der Waals surface area contributed by atoms with Crippen molar-refractivity contribution in [2.24, 2.45) is 0 Å². The van der Waals surface area contributed by atoms with Crippen LogP contribution in [0, 0.1) is 6.92 Å². The highest BCUT2D eigenvalue weighted by Gasteiger charge is 2.34. The number of rotatable bonds is 4. The third-order valence-corrected chi connectivity index (χ3v) is 5.14. The zero-order valence-electron chi connectivity index (χ0n) is 15.0. The Kier molecular flexibility index (Phi) is 4.58. The fraction of sp³-hybridized carbons (Fsp3) is 0.250. The lowest BCUT2D eigenvalue weighted by molar-refractivity contribution is -0.117. The Labute approximate surface area is 161 Å². The molecule has 1 amide bonds. The average Bonchev–Trinajstić information content (AvgIpc) is 3.31. The van der Waals surface area contributed by atoms with E-state index in [1.54, 1.807) is 12.0 Å². The molecule has 1 unspecified atom stereocenters. The van der Waals surface area contributed by atoms with E-state index >= 15 is 0 Å². The molecule has 3 aromatic rings. The minimum Gasteiger partial charge on any atom is -0.497 e. The molecule has 4 rings (SSSR count). The van der Waals surface area contributed by atoms with Crippen LogP contribution in [0.3, 0.4) is 0 Å². The normalized spacial score (nSPS) is 16.8.